The molecule has 1 N–H and O–H groups in total. The van der Waals surface area contributed by atoms with Gasteiger partial charge in [-0.05, 0) is 59.8 Å². The van der Waals surface area contributed by atoms with E-state index in [1.807, 2.05) is 6.92 Å². The Bertz CT molecular complexity index is 892. The number of anilines is 1. The van der Waals surface area contributed by atoms with Gasteiger partial charge >= 0.3 is 0 Å². The maximum absolute atomic E-state index is 12.9. The number of hydrogen-bond donors (Lipinski definition) is 1. The first-order chi connectivity index (χ1) is 13.7. The molecule has 1 aromatic rings. The number of carbonyl (C=O) groups is 2. The third kappa shape index (κ3) is 5.20. The fourth-order valence-electron chi connectivity index (χ4n) is 4.40. The molecule has 1 aromatic carbocycles. The van der Waals surface area contributed by atoms with Crippen LogP contribution in [0.3, 0.4) is 0 Å². The van der Waals surface area contributed by atoms with Crippen molar-refractivity contribution in [2.75, 3.05) is 10.7 Å². The highest BCUT2D eigenvalue weighted by Crippen LogP contribution is 2.38. The summed E-state index contributed by atoms with van der Waals surface area (Å²) in [7, 11) is -3.67. The maximum Gasteiger partial charge on any atom is 0.224 e. The smallest absolute Gasteiger partial charge is 0.224 e. The summed E-state index contributed by atoms with van der Waals surface area (Å²) < 4.78 is 26.4. The van der Waals surface area contributed by atoms with Crippen molar-refractivity contribution in [2.24, 2.45) is 0 Å². The van der Waals surface area contributed by atoms with Gasteiger partial charge in [-0.15, -0.1) is 0 Å². The zero-order valence-corrected chi connectivity index (χ0v) is 19.4. The highest BCUT2D eigenvalue weighted by atomic mass is 79.9. The number of nitrogens with one attached hydrogen (secondary N) is 1. The molecule has 3 rings (SSSR count). The Hall–Kier alpha value is -1.41. The molecule has 0 bridgehead atoms. The molecule has 2 amide bonds. The van der Waals surface area contributed by atoms with E-state index in [1.165, 1.54) is 19.8 Å². The molecular weight excluding hydrogens is 456 g/mol. The molecule has 160 valence electrons. The van der Waals surface area contributed by atoms with Crippen molar-refractivity contribution in [3.05, 3.63) is 22.2 Å². The van der Waals surface area contributed by atoms with Gasteiger partial charge in [-0.3, -0.25) is 9.59 Å². The summed E-state index contributed by atoms with van der Waals surface area (Å²) in [6.45, 7) is 3.43. The number of amides is 2. The van der Waals surface area contributed by atoms with Crippen LogP contribution in [0.5, 0.6) is 0 Å². The number of halogens is 1. The molecule has 6 nitrogen and oxygen atoms in total. The van der Waals surface area contributed by atoms with Crippen LogP contribution < -0.4 is 10.2 Å². The predicted molar refractivity (Wildman–Crippen MR) is 117 cm³/mol. The van der Waals surface area contributed by atoms with E-state index in [9.17, 15) is 18.0 Å². The first-order valence-corrected chi connectivity index (χ1v) is 12.8. The molecule has 29 heavy (non-hydrogen) atoms. The Morgan fingerprint density at radius 2 is 1.83 bits per heavy atom. The summed E-state index contributed by atoms with van der Waals surface area (Å²) >= 11 is 3.37. The number of benzene rings is 1. The molecule has 1 saturated carbocycles. The fraction of sp³-hybridized carbons (Fsp3) is 0.619. The van der Waals surface area contributed by atoms with Gasteiger partial charge in [0.15, 0.2) is 9.84 Å². The molecule has 1 atom stereocenters. The van der Waals surface area contributed by atoms with Crippen LogP contribution in [-0.4, -0.2) is 38.1 Å². The van der Waals surface area contributed by atoms with Crippen LogP contribution in [0.15, 0.2) is 21.5 Å². The van der Waals surface area contributed by atoms with Gasteiger partial charge in [-0.1, -0.05) is 25.7 Å². The predicted octanol–water partition coefficient (Wildman–Crippen LogP) is 3.75. The third-order valence-corrected chi connectivity index (χ3v) is 8.51. The minimum absolute atomic E-state index is 0.00212. The molecule has 1 heterocycles. The largest absolute Gasteiger partial charge is 0.353 e. The van der Waals surface area contributed by atoms with E-state index < -0.39 is 9.84 Å². The highest BCUT2D eigenvalue weighted by molar-refractivity contribution is 9.10. The molecule has 2 aliphatic rings. The molecule has 1 unspecified atom stereocenters. The summed E-state index contributed by atoms with van der Waals surface area (Å²) in [5.74, 6) is -0.570. The van der Waals surface area contributed by atoms with E-state index in [0.29, 0.717) is 16.6 Å². The average Bonchev–Trinajstić information content (AvgIpc) is 2.79. The van der Waals surface area contributed by atoms with Crippen LogP contribution in [0, 0.1) is 0 Å². The van der Waals surface area contributed by atoms with Gasteiger partial charge in [-0.25, -0.2) is 8.42 Å². The molecule has 0 saturated heterocycles. The lowest BCUT2D eigenvalue weighted by atomic mass is 10.1. The van der Waals surface area contributed by atoms with Crippen LogP contribution in [0.2, 0.25) is 0 Å². The number of fused-ring (bicyclic) bond motifs is 1. The van der Waals surface area contributed by atoms with E-state index in [1.54, 1.807) is 17.0 Å². The zero-order chi connectivity index (χ0) is 21.2. The quantitative estimate of drug-likeness (QED) is 0.644. The molecule has 8 heteroatoms. The van der Waals surface area contributed by atoms with Crippen LogP contribution in [0.25, 0.3) is 0 Å². The standard InChI is InChI=1S/C21H29BrN2O4S/c1-14-11-16-12-18(22)20(13-19(16)24(14)15(2)25)29(27,28)10-9-21(26)23-17-7-5-3-4-6-8-17/h12-14,17H,3-11H2,1-2H3,(H,23,26). The lowest BCUT2D eigenvalue weighted by molar-refractivity contribution is -0.121. The monoisotopic (exact) mass is 484 g/mol. The van der Waals surface area contributed by atoms with Crippen molar-refractivity contribution in [2.45, 2.75) is 82.2 Å². The Balaban J connectivity index is 1.71. The number of rotatable bonds is 5. The van der Waals surface area contributed by atoms with Gasteiger partial charge in [-0.2, -0.15) is 0 Å². The summed E-state index contributed by atoms with van der Waals surface area (Å²) in [6, 6.07) is 3.51. The van der Waals surface area contributed by atoms with Crippen molar-refractivity contribution >= 4 is 43.3 Å². The minimum Gasteiger partial charge on any atom is -0.353 e. The minimum atomic E-state index is -3.67. The molecule has 1 aliphatic heterocycles. The Kier molecular flexibility index (Phi) is 7.04. The van der Waals surface area contributed by atoms with E-state index in [4.69, 9.17) is 0 Å². The van der Waals surface area contributed by atoms with Crippen LogP contribution >= 0.6 is 15.9 Å². The van der Waals surface area contributed by atoms with Gasteiger partial charge in [0.2, 0.25) is 11.8 Å². The van der Waals surface area contributed by atoms with Crippen LogP contribution in [0.1, 0.15) is 64.4 Å². The van der Waals surface area contributed by atoms with Crippen molar-refractivity contribution in [3.8, 4) is 0 Å². The van der Waals surface area contributed by atoms with Crippen LogP contribution in [0.4, 0.5) is 5.69 Å². The van der Waals surface area contributed by atoms with Crippen molar-refractivity contribution in [1.29, 1.82) is 0 Å². The second-order valence-corrected chi connectivity index (χ2v) is 11.1. The molecular formula is C21H29BrN2O4S. The number of hydrogen-bond acceptors (Lipinski definition) is 4. The maximum atomic E-state index is 12.9. The second kappa shape index (κ2) is 9.16. The van der Waals surface area contributed by atoms with Gasteiger partial charge in [0.1, 0.15) is 0 Å². The van der Waals surface area contributed by atoms with Crippen molar-refractivity contribution in [1.82, 2.24) is 5.32 Å². The summed E-state index contributed by atoms with van der Waals surface area (Å²) in [5.41, 5.74) is 1.60. The Labute approximate surface area is 181 Å². The lowest BCUT2D eigenvalue weighted by Gasteiger charge is -2.21. The highest BCUT2D eigenvalue weighted by Gasteiger charge is 2.32. The number of nitrogens with zero attached hydrogens (tertiary/aromatic N) is 1. The molecule has 0 radical (unpaired) electrons. The van der Waals surface area contributed by atoms with Gasteiger partial charge < -0.3 is 10.2 Å². The lowest BCUT2D eigenvalue weighted by Crippen LogP contribution is -2.35. The third-order valence-electron chi connectivity index (χ3n) is 5.84. The zero-order valence-electron chi connectivity index (χ0n) is 17.0. The second-order valence-electron chi connectivity index (χ2n) is 8.18. The summed E-state index contributed by atoms with van der Waals surface area (Å²) in [6.07, 6.45) is 7.17. The normalized spacial score (nSPS) is 20.2. The van der Waals surface area contributed by atoms with E-state index in [-0.39, 0.29) is 41.0 Å². The molecule has 0 aromatic heterocycles. The van der Waals surface area contributed by atoms with Gasteiger partial charge in [0.25, 0.3) is 0 Å². The summed E-state index contributed by atoms with van der Waals surface area (Å²) in [4.78, 5) is 26.1. The van der Waals surface area contributed by atoms with E-state index >= 15 is 0 Å². The average molecular weight is 485 g/mol. The Morgan fingerprint density at radius 1 is 1.17 bits per heavy atom. The van der Waals surface area contributed by atoms with Crippen molar-refractivity contribution in [3.63, 3.8) is 0 Å². The molecule has 1 fully saturated rings. The van der Waals surface area contributed by atoms with Crippen LogP contribution in [-0.2, 0) is 25.8 Å². The number of carbonyl (C=O) groups excluding carboxylic acids is 2. The Morgan fingerprint density at radius 3 is 2.45 bits per heavy atom. The van der Waals surface area contributed by atoms with E-state index in [0.717, 1.165) is 31.2 Å². The molecule has 1 aliphatic carbocycles. The number of sulfone groups is 1. The molecule has 0 spiro atoms. The fourth-order valence-corrected chi connectivity index (χ4v) is 6.85. The van der Waals surface area contributed by atoms with Gasteiger partial charge in [0, 0.05) is 35.6 Å². The topological polar surface area (TPSA) is 83.6 Å². The first kappa shape index (κ1) is 22.3. The SMILES string of the molecule is CC(=O)N1c2cc(S(=O)(=O)CCC(=O)NC3CCCCCC3)c(Br)cc2CC1C. The first-order valence-electron chi connectivity index (χ1n) is 10.3. The summed E-state index contributed by atoms with van der Waals surface area (Å²) in [5, 5.41) is 3.00. The van der Waals surface area contributed by atoms with Gasteiger partial charge in [0.05, 0.1) is 10.6 Å². The van der Waals surface area contributed by atoms with Crippen molar-refractivity contribution < 1.29 is 18.0 Å². The van der Waals surface area contributed by atoms with E-state index in [2.05, 4.69) is 21.2 Å².